The van der Waals surface area contributed by atoms with Gasteiger partial charge in [0.1, 0.15) is 11.7 Å². The van der Waals surface area contributed by atoms with Gasteiger partial charge < -0.3 is 9.47 Å². The highest BCUT2D eigenvalue weighted by atomic mass is 16.5. The molecular weight excluding hydrogens is 212 g/mol. The van der Waals surface area contributed by atoms with Gasteiger partial charge in [0.15, 0.2) is 0 Å². The van der Waals surface area contributed by atoms with Crippen LogP contribution in [0.15, 0.2) is 0 Å². The van der Waals surface area contributed by atoms with Gasteiger partial charge in [-0.3, -0.25) is 9.59 Å². The smallest absolute Gasteiger partial charge is 0.375 e. The van der Waals surface area contributed by atoms with Gasteiger partial charge in [0.05, 0.1) is 18.8 Å². The molecule has 0 aliphatic carbocycles. The summed E-state index contributed by atoms with van der Waals surface area (Å²) >= 11 is 0. The minimum absolute atomic E-state index is 0.0382. The lowest BCUT2D eigenvalue weighted by atomic mass is 9.88. The molecule has 0 radical (unpaired) electrons. The van der Waals surface area contributed by atoms with Crippen molar-refractivity contribution in [1.82, 2.24) is 0 Å². The lowest BCUT2D eigenvalue weighted by molar-refractivity contribution is -0.164. The molecule has 1 atom stereocenters. The van der Waals surface area contributed by atoms with Crippen molar-refractivity contribution in [2.24, 2.45) is 5.92 Å². The average Bonchev–Trinajstić information content (AvgIpc) is 2.16. The van der Waals surface area contributed by atoms with Gasteiger partial charge in [0.2, 0.25) is 0 Å². The summed E-state index contributed by atoms with van der Waals surface area (Å²) in [7, 11) is 0. The van der Waals surface area contributed by atoms with E-state index in [-0.39, 0.29) is 25.4 Å². The van der Waals surface area contributed by atoms with Crippen molar-refractivity contribution in [2.45, 2.75) is 32.8 Å². The number of ketones is 2. The van der Waals surface area contributed by atoms with Crippen molar-refractivity contribution < 1.29 is 23.9 Å². The number of Topliss-reactive ketones (excluding diaryl/α,β-unsaturated/α-hetero) is 2. The van der Waals surface area contributed by atoms with Crippen molar-refractivity contribution in [3.05, 3.63) is 0 Å². The van der Waals surface area contributed by atoms with Crippen LogP contribution in [0.1, 0.15) is 27.2 Å². The zero-order valence-corrected chi connectivity index (χ0v) is 9.74. The highest BCUT2D eigenvalue weighted by Gasteiger charge is 2.40. The maximum Gasteiger partial charge on any atom is 0.375 e. The number of hydrogen-bond acceptors (Lipinski definition) is 5. The molecule has 0 spiro atoms. The number of rotatable bonds is 3. The Morgan fingerprint density at radius 3 is 2.62 bits per heavy atom. The van der Waals surface area contributed by atoms with Gasteiger partial charge in [-0.15, -0.1) is 0 Å². The van der Waals surface area contributed by atoms with E-state index in [0.29, 0.717) is 0 Å². The van der Waals surface area contributed by atoms with Crippen LogP contribution in [-0.2, 0) is 23.9 Å². The summed E-state index contributed by atoms with van der Waals surface area (Å²) in [6.45, 7) is 5.24. The van der Waals surface area contributed by atoms with Gasteiger partial charge in [-0.2, -0.15) is 0 Å². The largest absolute Gasteiger partial charge is 0.460 e. The van der Waals surface area contributed by atoms with Gasteiger partial charge in [-0.05, 0) is 20.8 Å². The Labute approximate surface area is 94.1 Å². The molecule has 1 fully saturated rings. The number of carbonyl (C=O) groups is 3. The molecule has 0 aromatic rings. The van der Waals surface area contributed by atoms with E-state index in [4.69, 9.17) is 4.74 Å². The maximum absolute atomic E-state index is 11.7. The zero-order chi connectivity index (χ0) is 12.3. The Kier molecular flexibility index (Phi) is 3.80. The van der Waals surface area contributed by atoms with E-state index < -0.39 is 23.3 Å². The van der Waals surface area contributed by atoms with Crippen molar-refractivity contribution in [2.75, 3.05) is 13.2 Å². The van der Waals surface area contributed by atoms with Crippen LogP contribution in [0, 0.1) is 5.92 Å². The molecule has 16 heavy (non-hydrogen) atoms. The molecule has 1 rings (SSSR count). The lowest BCUT2D eigenvalue weighted by Gasteiger charge is -2.32. The van der Waals surface area contributed by atoms with E-state index in [1.54, 1.807) is 20.8 Å². The van der Waals surface area contributed by atoms with E-state index in [1.807, 2.05) is 0 Å². The van der Waals surface area contributed by atoms with Crippen molar-refractivity contribution >= 4 is 17.5 Å². The van der Waals surface area contributed by atoms with Gasteiger partial charge in [0, 0.05) is 6.42 Å². The van der Waals surface area contributed by atoms with Crippen molar-refractivity contribution in [3.8, 4) is 0 Å². The quantitative estimate of drug-likeness (QED) is 0.400. The number of carbonyl (C=O) groups excluding carboxylic acids is 3. The molecule has 0 amide bonds. The van der Waals surface area contributed by atoms with Crippen LogP contribution in [0.5, 0.6) is 0 Å². The molecule has 90 valence electrons. The summed E-state index contributed by atoms with van der Waals surface area (Å²) < 4.78 is 9.91. The highest BCUT2D eigenvalue weighted by molar-refractivity contribution is 6.38. The summed E-state index contributed by atoms with van der Waals surface area (Å²) in [5, 5.41) is 0. The first-order valence-corrected chi connectivity index (χ1v) is 5.25. The van der Waals surface area contributed by atoms with Gasteiger partial charge >= 0.3 is 5.97 Å². The normalized spacial score (nSPS) is 23.9. The number of ether oxygens (including phenoxy) is 2. The summed E-state index contributed by atoms with van der Waals surface area (Å²) in [4.78, 5) is 34.4. The van der Waals surface area contributed by atoms with Crippen LogP contribution >= 0.6 is 0 Å². The van der Waals surface area contributed by atoms with E-state index in [1.165, 1.54) is 0 Å². The van der Waals surface area contributed by atoms with E-state index in [0.717, 1.165) is 0 Å². The number of esters is 1. The maximum atomic E-state index is 11.7. The molecular formula is C11H16O5. The summed E-state index contributed by atoms with van der Waals surface area (Å²) in [5.41, 5.74) is -0.553. The van der Waals surface area contributed by atoms with E-state index in [9.17, 15) is 14.4 Å². The molecule has 0 aromatic carbocycles. The predicted octanol–water partition coefficient (Wildman–Crippen LogP) is 0.503. The lowest BCUT2D eigenvalue weighted by Crippen LogP contribution is -2.45. The fourth-order valence-electron chi connectivity index (χ4n) is 1.56. The van der Waals surface area contributed by atoms with Crippen LogP contribution in [0.3, 0.4) is 0 Å². The molecule has 1 aliphatic rings. The fourth-order valence-corrected chi connectivity index (χ4v) is 1.56. The van der Waals surface area contributed by atoms with Gasteiger partial charge in [-0.1, -0.05) is 0 Å². The van der Waals surface area contributed by atoms with Crippen LogP contribution in [0.4, 0.5) is 0 Å². The molecule has 1 heterocycles. The van der Waals surface area contributed by atoms with E-state index >= 15 is 0 Å². The molecule has 0 bridgehead atoms. The Morgan fingerprint density at radius 2 is 2.12 bits per heavy atom. The molecule has 1 unspecified atom stereocenters. The molecule has 1 aliphatic heterocycles. The standard InChI is InChI=1S/C11H16O5/c1-4-15-10(14)9(13)7-6-16-11(2,3)5-8(7)12/h7H,4-6H2,1-3H3. The third kappa shape index (κ3) is 2.88. The average molecular weight is 228 g/mol. The first kappa shape index (κ1) is 12.8. The summed E-state index contributed by atoms with van der Waals surface area (Å²) in [6, 6.07) is 0. The van der Waals surface area contributed by atoms with Crippen LogP contribution in [-0.4, -0.2) is 36.4 Å². The zero-order valence-electron chi connectivity index (χ0n) is 9.74. The van der Waals surface area contributed by atoms with Crippen LogP contribution < -0.4 is 0 Å². The molecule has 0 saturated carbocycles. The second-order valence-electron chi connectivity index (χ2n) is 4.35. The van der Waals surface area contributed by atoms with Crippen LogP contribution in [0.25, 0.3) is 0 Å². The van der Waals surface area contributed by atoms with E-state index in [2.05, 4.69) is 4.74 Å². The topological polar surface area (TPSA) is 69.7 Å². The Morgan fingerprint density at radius 1 is 1.50 bits per heavy atom. The molecule has 1 saturated heterocycles. The van der Waals surface area contributed by atoms with Crippen LogP contribution in [0.2, 0.25) is 0 Å². The first-order valence-electron chi connectivity index (χ1n) is 5.25. The second kappa shape index (κ2) is 4.74. The molecule has 0 N–H and O–H groups in total. The molecule has 5 heteroatoms. The fraction of sp³-hybridized carbons (Fsp3) is 0.727. The Balaban J connectivity index is 2.66. The van der Waals surface area contributed by atoms with Crippen molar-refractivity contribution in [1.29, 1.82) is 0 Å². The molecule has 5 nitrogen and oxygen atoms in total. The Bertz CT molecular complexity index is 318. The first-order chi connectivity index (χ1) is 7.37. The third-order valence-corrected chi connectivity index (χ3v) is 2.42. The minimum Gasteiger partial charge on any atom is -0.460 e. The minimum atomic E-state index is -0.993. The molecule has 0 aromatic heterocycles. The van der Waals surface area contributed by atoms with Gasteiger partial charge in [-0.25, -0.2) is 4.79 Å². The predicted molar refractivity (Wildman–Crippen MR) is 54.8 cm³/mol. The van der Waals surface area contributed by atoms with Gasteiger partial charge in [0.25, 0.3) is 5.78 Å². The summed E-state index contributed by atoms with van der Waals surface area (Å²) in [6.07, 6.45) is 0.142. The highest BCUT2D eigenvalue weighted by Crippen LogP contribution is 2.25. The van der Waals surface area contributed by atoms with Crippen molar-refractivity contribution in [3.63, 3.8) is 0 Å². The second-order valence-corrected chi connectivity index (χ2v) is 4.35. The number of hydrogen-bond donors (Lipinski definition) is 0. The third-order valence-electron chi connectivity index (χ3n) is 2.42. The Hall–Kier alpha value is -1.23. The summed E-state index contributed by atoms with van der Waals surface area (Å²) in [5.74, 6) is -3.01. The SMILES string of the molecule is CCOC(=O)C(=O)C1COC(C)(C)CC1=O. The monoisotopic (exact) mass is 228 g/mol.